The maximum atomic E-state index is 10.9. The third kappa shape index (κ3) is 0.245. The highest BCUT2D eigenvalue weighted by Gasteiger charge is 2.98. The lowest BCUT2D eigenvalue weighted by Gasteiger charge is -2.00. The number of ether oxygens (including phenoxy) is 1. The molecule has 2 aliphatic carbocycles. The maximum absolute atomic E-state index is 10.9. The van der Waals surface area contributed by atoms with E-state index in [1.54, 1.807) is 0 Å². The second-order valence-corrected chi connectivity index (χ2v) is 3.41. The summed E-state index contributed by atoms with van der Waals surface area (Å²) >= 11 is 5.24. The molecule has 4 fully saturated rings. The van der Waals surface area contributed by atoms with E-state index in [2.05, 4.69) is 0 Å². The summed E-state index contributed by atoms with van der Waals surface area (Å²) in [6, 6.07) is 0. The highest BCUT2D eigenvalue weighted by molar-refractivity contribution is 6.67. The van der Waals surface area contributed by atoms with Gasteiger partial charge in [0.1, 0.15) is 6.10 Å². The Morgan fingerprint density at radius 2 is 2.20 bits per heavy atom. The monoisotopic (exact) mass is 158 g/mol. The first kappa shape index (κ1) is 5.13. The number of carbonyl (C=O) groups is 2. The summed E-state index contributed by atoms with van der Waals surface area (Å²) in [5.74, 6) is -0.0810. The van der Waals surface area contributed by atoms with E-state index in [4.69, 9.17) is 16.3 Å². The number of esters is 1. The molecule has 4 aliphatic rings. The fourth-order valence-electron chi connectivity index (χ4n) is 2.11. The van der Waals surface area contributed by atoms with Crippen LogP contribution in [0.5, 0.6) is 0 Å². The highest BCUT2D eigenvalue weighted by Crippen LogP contribution is 2.84. The summed E-state index contributed by atoms with van der Waals surface area (Å²) < 4.78 is 4.79. The van der Waals surface area contributed by atoms with Gasteiger partial charge in [0.25, 0.3) is 0 Å². The number of hydrogen-bond donors (Lipinski definition) is 0. The van der Waals surface area contributed by atoms with Gasteiger partial charge in [-0.2, -0.15) is 0 Å². The molecule has 0 N–H and O–H groups in total. The molecule has 2 saturated heterocycles. The van der Waals surface area contributed by atoms with Crippen molar-refractivity contribution in [3.8, 4) is 0 Å². The first-order valence-corrected chi connectivity index (χ1v) is 3.49. The van der Waals surface area contributed by atoms with Gasteiger partial charge in [0.2, 0.25) is 5.24 Å². The lowest BCUT2D eigenvalue weighted by atomic mass is 9.99. The van der Waals surface area contributed by atoms with Gasteiger partial charge >= 0.3 is 5.97 Å². The molecule has 0 amide bonds. The standard InChI is InChI=1S/C6H3ClO3/c7-4(8)6-1-2(6)3(1)10-5(6)9/h1-3H. The number of hydrogen-bond acceptors (Lipinski definition) is 3. The second kappa shape index (κ2) is 1.01. The van der Waals surface area contributed by atoms with Crippen molar-refractivity contribution in [3.63, 3.8) is 0 Å². The van der Waals surface area contributed by atoms with Crippen LogP contribution in [0.15, 0.2) is 0 Å². The van der Waals surface area contributed by atoms with Gasteiger partial charge in [0, 0.05) is 11.8 Å². The third-order valence-electron chi connectivity index (χ3n) is 2.80. The van der Waals surface area contributed by atoms with Crippen LogP contribution in [0.4, 0.5) is 0 Å². The highest BCUT2D eigenvalue weighted by atomic mass is 35.5. The molecule has 4 heteroatoms. The van der Waals surface area contributed by atoms with Crippen LogP contribution in [-0.4, -0.2) is 17.3 Å². The first-order valence-electron chi connectivity index (χ1n) is 3.11. The molecule has 2 aliphatic heterocycles. The van der Waals surface area contributed by atoms with E-state index >= 15 is 0 Å². The van der Waals surface area contributed by atoms with E-state index in [0.29, 0.717) is 0 Å². The molecule has 0 aromatic rings. The fraction of sp³-hybridized carbons (Fsp3) is 0.667. The zero-order chi connectivity index (χ0) is 7.09. The van der Waals surface area contributed by atoms with Crippen molar-refractivity contribution in [1.82, 2.24) is 0 Å². The Morgan fingerprint density at radius 3 is 2.40 bits per heavy atom. The van der Waals surface area contributed by atoms with Crippen LogP contribution in [0.25, 0.3) is 0 Å². The molecule has 0 aromatic heterocycles. The van der Waals surface area contributed by atoms with Crippen molar-refractivity contribution in [2.75, 3.05) is 0 Å². The maximum Gasteiger partial charge on any atom is 0.322 e. The van der Waals surface area contributed by atoms with Gasteiger partial charge < -0.3 is 4.74 Å². The smallest absolute Gasteiger partial charge is 0.322 e. The van der Waals surface area contributed by atoms with Crippen molar-refractivity contribution in [2.45, 2.75) is 6.10 Å². The average Bonchev–Trinajstić information content (AvgIpc) is 2.63. The fourth-order valence-corrected chi connectivity index (χ4v) is 2.44. The topological polar surface area (TPSA) is 43.4 Å². The van der Waals surface area contributed by atoms with Crippen molar-refractivity contribution < 1.29 is 14.3 Å². The van der Waals surface area contributed by atoms with Crippen LogP contribution in [0.3, 0.4) is 0 Å². The molecule has 2 unspecified atom stereocenters. The minimum absolute atomic E-state index is 0.0511. The van der Waals surface area contributed by atoms with E-state index in [1.165, 1.54) is 0 Å². The normalized spacial score (nSPS) is 59.3. The SMILES string of the molecule is O=C(Cl)C12C(=O)OC3C1C32. The molecule has 3 nitrogen and oxygen atoms in total. The predicted molar refractivity (Wildman–Crippen MR) is 30.2 cm³/mol. The van der Waals surface area contributed by atoms with E-state index in [9.17, 15) is 9.59 Å². The summed E-state index contributed by atoms with van der Waals surface area (Å²) in [7, 11) is 0. The Hall–Kier alpha value is -0.570. The molecule has 2 saturated carbocycles. The summed E-state index contributed by atoms with van der Waals surface area (Å²) in [6.07, 6.45) is 0.0511. The summed E-state index contributed by atoms with van der Waals surface area (Å²) in [4.78, 5) is 21.6. The molecule has 0 aromatic carbocycles. The van der Waals surface area contributed by atoms with Crippen molar-refractivity contribution in [3.05, 3.63) is 0 Å². The van der Waals surface area contributed by atoms with Crippen LogP contribution >= 0.6 is 11.6 Å². The second-order valence-electron chi connectivity index (χ2n) is 3.06. The molecular formula is C6H3ClO3. The summed E-state index contributed by atoms with van der Waals surface area (Å²) in [5.41, 5.74) is -0.855. The zero-order valence-electron chi connectivity index (χ0n) is 4.83. The largest absolute Gasteiger partial charge is 0.461 e. The lowest BCUT2D eigenvalue weighted by molar-refractivity contribution is -0.143. The molecule has 2 atom stereocenters. The Bertz CT molecular complexity index is 262. The molecule has 0 spiro atoms. The minimum atomic E-state index is -0.855. The summed E-state index contributed by atoms with van der Waals surface area (Å²) in [6.45, 7) is 0. The minimum Gasteiger partial charge on any atom is -0.461 e. The van der Waals surface area contributed by atoms with Crippen LogP contribution in [0, 0.1) is 17.3 Å². The van der Waals surface area contributed by atoms with Crippen molar-refractivity contribution >= 4 is 22.8 Å². The van der Waals surface area contributed by atoms with Crippen LogP contribution < -0.4 is 0 Å². The number of rotatable bonds is 1. The van der Waals surface area contributed by atoms with Gasteiger partial charge in [0.15, 0.2) is 5.41 Å². The van der Waals surface area contributed by atoms with Gasteiger partial charge in [0.05, 0.1) is 0 Å². The Balaban J connectivity index is 2.10. The molecular weight excluding hydrogens is 156 g/mol. The zero-order valence-corrected chi connectivity index (χ0v) is 5.59. The van der Waals surface area contributed by atoms with Gasteiger partial charge in [-0.05, 0) is 11.6 Å². The Labute approximate surface area is 61.3 Å². The van der Waals surface area contributed by atoms with Crippen molar-refractivity contribution in [2.24, 2.45) is 17.3 Å². The van der Waals surface area contributed by atoms with Crippen LogP contribution in [0.1, 0.15) is 0 Å². The third-order valence-corrected chi connectivity index (χ3v) is 3.12. The van der Waals surface area contributed by atoms with Crippen LogP contribution in [0.2, 0.25) is 0 Å². The van der Waals surface area contributed by atoms with Crippen molar-refractivity contribution in [1.29, 1.82) is 0 Å². The Kier molecular flexibility index (Phi) is 0.520. The Morgan fingerprint density at radius 1 is 1.60 bits per heavy atom. The number of halogens is 1. The molecule has 4 rings (SSSR count). The van der Waals surface area contributed by atoms with E-state index < -0.39 is 16.6 Å². The molecule has 10 heavy (non-hydrogen) atoms. The van der Waals surface area contributed by atoms with Gasteiger partial charge in [-0.1, -0.05) is 0 Å². The number of fused-ring (bicyclic) bond motifs is 1. The number of carbonyl (C=O) groups excluding carboxylic acids is 2. The molecule has 2 heterocycles. The van der Waals surface area contributed by atoms with E-state index in [0.717, 1.165) is 0 Å². The molecule has 52 valence electrons. The predicted octanol–water partition coefficient (Wildman–Crippen LogP) is -0.0768. The van der Waals surface area contributed by atoms with Gasteiger partial charge in [-0.25, -0.2) is 0 Å². The van der Waals surface area contributed by atoms with E-state index in [1.807, 2.05) is 0 Å². The van der Waals surface area contributed by atoms with Crippen LogP contribution in [-0.2, 0) is 14.3 Å². The quantitative estimate of drug-likeness (QED) is 0.305. The molecule has 0 radical (unpaired) electrons. The lowest BCUT2D eigenvalue weighted by Crippen LogP contribution is -2.23. The van der Waals surface area contributed by atoms with Gasteiger partial charge in [-0.3, -0.25) is 9.59 Å². The molecule has 2 bridgehead atoms. The van der Waals surface area contributed by atoms with Gasteiger partial charge in [-0.15, -0.1) is 0 Å². The van der Waals surface area contributed by atoms with E-state index in [-0.39, 0.29) is 17.9 Å². The average molecular weight is 159 g/mol. The first-order chi connectivity index (χ1) is 4.70. The summed E-state index contributed by atoms with van der Waals surface area (Å²) in [5, 5.41) is -0.527.